The Bertz CT molecular complexity index is 529. The van der Waals surface area contributed by atoms with Gasteiger partial charge in [0.15, 0.2) is 0 Å². The van der Waals surface area contributed by atoms with Gasteiger partial charge in [0.05, 0.1) is 10.5 Å². The second-order valence-corrected chi connectivity index (χ2v) is 4.64. The lowest BCUT2D eigenvalue weighted by atomic mass is 9.94. The molecule has 0 radical (unpaired) electrons. The van der Waals surface area contributed by atoms with Crippen LogP contribution >= 0.6 is 0 Å². The molecule has 1 N–H and O–H groups in total. The van der Waals surface area contributed by atoms with E-state index in [1.165, 1.54) is 24.3 Å². The van der Waals surface area contributed by atoms with Crippen LogP contribution in [0.4, 0.5) is 5.69 Å². The molecule has 1 aromatic rings. The monoisotopic (exact) mass is 277 g/mol. The molecular formula is C14H15NO5. The summed E-state index contributed by atoms with van der Waals surface area (Å²) in [6.45, 7) is 1.27. The van der Waals surface area contributed by atoms with Gasteiger partial charge >= 0.3 is 5.97 Å². The van der Waals surface area contributed by atoms with E-state index in [9.17, 15) is 20.0 Å². The van der Waals surface area contributed by atoms with Crippen LogP contribution in [0, 0.1) is 16.0 Å². The molecule has 1 aliphatic heterocycles. The maximum atomic E-state index is 11.4. The van der Waals surface area contributed by atoms with Gasteiger partial charge in [-0.1, -0.05) is 6.08 Å². The van der Waals surface area contributed by atoms with E-state index in [1.54, 1.807) is 6.08 Å². The Balaban J connectivity index is 2.25. The van der Waals surface area contributed by atoms with Crippen molar-refractivity contribution in [1.29, 1.82) is 0 Å². The Kier molecular flexibility index (Phi) is 4.47. The summed E-state index contributed by atoms with van der Waals surface area (Å²) < 4.78 is 5.24. The Morgan fingerprint density at radius 1 is 1.30 bits per heavy atom. The number of nitro groups is 1. The normalized spacial score (nSPS) is 16.9. The Labute approximate surface area is 115 Å². The molecule has 1 saturated heterocycles. The zero-order valence-electron chi connectivity index (χ0n) is 10.8. The number of nitrogens with zero attached hydrogens (tertiary/aromatic N) is 1. The van der Waals surface area contributed by atoms with Crippen LogP contribution in [0.5, 0.6) is 0 Å². The van der Waals surface area contributed by atoms with E-state index < -0.39 is 10.9 Å². The molecule has 0 unspecified atom stereocenters. The summed E-state index contributed by atoms with van der Waals surface area (Å²) >= 11 is 0. The van der Waals surface area contributed by atoms with Crippen LogP contribution in [0.3, 0.4) is 0 Å². The molecule has 1 fully saturated rings. The van der Waals surface area contributed by atoms with Gasteiger partial charge in [-0.15, -0.1) is 0 Å². The summed E-state index contributed by atoms with van der Waals surface area (Å²) in [6, 6.07) is 5.57. The number of carboxylic acid groups (broad SMARTS) is 1. The number of allylic oxidation sites excluding steroid dienone is 1. The van der Waals surface area contributed by atoms with E-state index in [2.05, 4.69) is 0 Å². The number of carbonyl (C=O) groups is 1. The minimum atomic E-state index is -1.02. The van der Waals surface area contributed by atoms with E-state index in [-0.39, 0.29) is 17.2 Å². The van der Waals surface area contributed by atoms with E-state index in [0.717, 1.165) is 12.8 Å². The molecule has 0 bridgehead atoms. The van der Waals surface area contributed by atoms with E-state index >= 15 is 0 Å². The van der Waals surface area contributed by atoms with Gasteiger partial charge in [0.25, 0.3) is 5.69 Å². The van der Waals surface area contributed by atoms with Gasteiger partial charge in [-0.2, -0.15) is 0 Å². The number of non-ortho nitro benzene ring substituents is 1. The van der Waals surface area contributed by atoms with Crippen molar-refractivity contribution in [3.8, 4) is 0 Å². The Hall–Kier alpha value is -2.21. The zero-order chi connectivity index (χ0) is 14.5. The third-order valence-electron chi connectivity index (χ3n) is 3.29. The second kappa shape index (κ2) is 6.29. The molecule has 0 amide bonds. The summed E-state index contributed by atoms with van der Waals surface area (Å²) in [5.74, 6) is -0.851. The first-order valence-electron chi connectivity index (χ1n) is 6.35. The average Bonchev–Trinajstić information content (AvgIpc) is 2.45. The van der Waals surface area contributed by atoms with Gasteiger partial charge in [-0.3, -0.25) is 10.1 Å². The summed E-state index contributed by atoms with van der Waals surface area (Å²) in [4.78, 5) is 21.4. The molecule has 0 spiro atoms. The molecule has 6 nitrogen and oxygen atoms in total. The van der Waals surface area contributed by atoms with Crippen molar-refractivity contribution in [2.75, 3.05) is 13.2 Å². The number of carboxylic acids is 1. The van der Waals surface area contributed by atoms with Gasteiger partial charge in [0, 0.05) is 25.3 Å². The quantitative estimate of drug-likeness (QED) is 0.518. The van der Waals surface area contributed by atoms with Gasteiger partial charge in [0.2, 0.25) is 0 Å². The highest BCUT2D eigenvalue weighted by Gasteiger charge is 2.17. The lowest BCUT2D eigenvalue weighted by molar-refractivity contribution is -0.384. The highest BCUT2D eigenvalue weighted by molar-refractivity contribution is 6.15. The first-order chi connectivity index (χ1) is 9.58. The maximum absolute atomic E-state index is 11.4. The van der Waals surface area contributed by atoms with Crippen molar-refractivity contribution < 1.29 is 19.6 Å². The van der Waals surface area contributed by atoms with Crippen LogP contribution in [-0.4, -0.2) is 29.2 Å². The number of ether oxygens (including phenoxy) is 1. The molecule has 0 aliphatic carbocycles. The smallest absolute Gasteiger partial charge is 0.335 e. The van der Waals surface area contributed by atoms with Crippen LogP contribution in [0.15, 0.2) is 30.3 Å². The van der Waals surface area contributed by atoms with Crippen molar-refractivity contribution >= 4 is 17.2 Å². The molecule has 1 aliphatic rings. The molecule has 2 rings (SSSR count). The van der Waals surface area contributed by atoms with E-state index in [0.29, 0.717) is 18.8 Å². The summed E-state index contributed by atoms with van der Waals surface area (Å²) in [7, 11) is 0. The number of rotatable bonds is 4. The third-order valence-corrected chi connectivity index (χ3v) is 3.29. The van der Waals surface area contributed by atoms with Crippen molar-refractivity contribution in [3.63, 3.8) is 0 Å². The molecule has 0 atom stereocenters. The van der Waals surface area contributed by atoms with Gasteiger partial charge in [-0.25, -0.2) is 4.79 Å². The van der Waals surface area contributed by atoms with Gasteiger partial charge in [0.1, 0.15) is 0 Å². The standard InChI is InChI=1S/C14H15NO5/c16-14(17)13(9-10-5-7-20-8-6-10)11-1-3-12(4-2-11)15(18)19/h1-4,9-10H,5-8H2,(H,16,17)/b13-9+. The number of hydrogen-bond acceptors (Lipinski definition) is 4. The molecule has 0 saturated carbocycles. The second-order valence-electron chi connectivity index (χ2n) is 4.64. The number of benzene rings is 1. The first-order valence-corrected chi connectivity index (χ1v) is 6.35. The van der Waals surface area contributed by atoms with Gasteiger partial charge in [-0.05, 0) is 36.5 Å². The van der Waals surface area contributed by atoms with Gasteiger partial charge < -0.3 is 9.84 Å². The Morgan fingerprint density at radius 3 is 2.40 bits per heavy atom. The molecule has 1 aromatic carbocycles. The highest BCUT2D eigenvalue weighted by atomic mass is 16.6. The van der Waals surface area contributed by atoms with Crippen LogP contribution in [0.1, 0.15) is 18.4 Å². The molecule has 20 heavy (non-hydrogen) atoms. The predicted octanol–water partition coefficient (Wildman–Crippen LogP) is 2.49. The fourth-order valence-corrected chi connectivity index (χ4v) is 2.17. The number of nitro benzene ring substituents is 1. The maximum Gasteiger partial charge on any atom is 0.335 e. The largest absolute Gasteiger partial charge is 0.478 e. The predicted molar refractivity (Wildman–Crippen MR) is 72.3 cm³/mol. The van der Waals surface area contributed by atoms with Crippen LogP contribution < -0.4 is 0 Å². The fourth-order valence-electron chi connectivity index (χ4n) is 2.17. The van der Waals surface area contributed by atoms with Crippen molar-refractivity contribution in [3.05, 3.63) is 46.0 Å². The zero-order valence-corrected chi connectivity index (χ0v) is 10.8. The summed E-state index contributed by atoms with van der Waals surface area (Å²) in [6.07, 6.45) is 3.32. The van der Waals surface area contributed by atoms with Crippen molar-refractivity contribution in [2.45, 2.75) is 12.8 Å². The van der Waals surface area contributed by atoms with E-state index in [4.69, 9.17) is 4.74 Å². The minimum absolute atomic E-state index is 0.0513. The number of hydrogen-bond donors (Lipinski definition) is 1. The molecule has 6 heteroatoms. The Morgan fingerprint density at radius 2 is 1.90 bits per heavy atom. The first kappa shape index (κ1) is 14.2. The average molecular weight is 277 g/mol. The number of aliphatic carboxylic acids is 1. The molecular weight excluding hydrogens is 262 g/mol. The highest BCUT2D eigenvalue weighted by Crippen LogP contribution is 2.24. The molecule has 0 aromatic heterocycles. The lowest BCUT2D eigenvalue weighted by Crippen LogP contribution is -2.15. The fraction of sp³-hybridized carbons (Fsp3) is 0.357. The minimum Gasteiger partial charge on any atom is -0.478 e. The van der Waals surface area contributed by atoms with Crippen molar-refractivity contribution in [1.82, 2.24) is 0 Å². The SMILES string of the molecule is O=C(O)/C(=C/C1CCOCC1)c1ccc([N+](=O)[O-])cc1. The molecule has 1 heterocycles. The lowest BCUT2D eigenvalue weighted by Gasteiger charge is -2.19. The summed E-state index contributed by atoms with van der Waals surface area (Å²) in [5.41, 5.74) is 0.617. The third kappa shape index (κ3) is 3.42. The molecule has 106 valence electrons. The topological polar surface area (TPSA) is 89.7 Å². The van der Waals surface area contributed by atoms with Crippen LogP contribution in [-0.2, 0) is 9.53 Å². The van der Waals surface area contributed by atoms with E-state index in [1.807, 2.05) is 0 Å². The van der Waals surface area contributed by atoms with Crippen LogP contribution in [0.25, 0.3) is 5.57 Å². The van der Waals surface area contributed by atoms with Crippen molar-refractivity contribution in [2.24, 2.45) is 5.92 Å². The van der Waals surface area contributed by atoms with Crippen LogP contribution in [0.2, 0.25) is 0 Å². The summed E-state index contributed by atoms with van der Waals surface area (Å²) in [5, 5.41) is 19.9.